The Labute approximate surface area is 179 Å². The van der Waals surface area contributed by atoms with E-state index in [1.54, 1.807) is 37.3 Å². The van der Waals surface area contributed by atoms with Crippen LogP contribution in [0.2, 0.25) is 0 Å². The summed E-state index contributed by atoms with van der Waals surface area (Å²) >= 11 is 0. The van der Waals surface area contributed by atoms with Crippen molar-refractivity contribution in [1.29, 1.82) is 0 Å². The summed E-state index contributed by atoms with van der Waals surface area (Å²) < 4.78 is 25.8. The average Bonchev–Trinajstić information content (AvgIpc) is 3.07. The molecule has 0 aliphatic heterocycles. The second-order valence-electron chi connectivity index (χ2n) is 6.80. The van der Waals surface area contributed by atoms with Gasteiger partial charge < -0.3 is 14.0 Å². The van der Waals surface area contributed by atoms with Gasteiger partial charge in [-0.15, -0.1) is 0 Å². The standard InChI is InChI=1S/C23H24FN3O4/c1-5-31-20-11-6-16(13-21(20)30-4)22(28)25-26-23(29)19-12-14(2)27(15(19)3)18-9-7-17(24)8-10-18/h6-13H,5H2,1-4H3,(H,25,28)(H,26,29). The van der Waals surface area contributed by atoms with Crippen LogP contribution < -0.4 is 20.3 Å². The van der Waals surface area contributed by atoms with Crippen LogP contribution in [0.3, 0.4) is 0 Å². The minimum atomic E-state index is -0.498. The van der Waals surface area contributed by atoms with E-state index in [9.17, 15) is 14.0 Å². The number of nitrogens with zero attached hydrogens (tertiary/aromatic N) is 1. The average molecular weight is 425 g/mol. The molecule has 0 bridgehead atoms. The second-order valence-corrected chi connectivity index (χ2v) is 6.80. The number of aryl methyl sites for hydroxylation is 1. The van der Waals surface area contributed by atoms with Gasteiger partial charge in [0.05, 0.1) is 19.3 Å². The fourth-order valence-corrected chi connectivity index (χ4v) is 3.32. The van der Waals surface area contributed by atoms with Gasteiger partial charge in [-0.3, -0.25) is 20.4 Å². The molecule has 3 rings (SSSR count). The number of hydrogen-bond acceptors (Lipinski definition) is 4. The highest BCUT2D eigenvalue weighted by atomic mass is 19.1. The summed E-state index contributed by atoms with van der Waals surface area (Å²) in [6.45, 7) is 5.94. The molecular formula is C23H24FN3O4. The van der Waals surface area contributed by atoms with E-state index in [-0.39, 0.29) is 5.82 Å². The zero-order chi connectivity index (χ0) is 22.5. The van der Waals surface area contributed by atoms with Crippen LogP contribution in [-0.2, 0) is 0 Å². The number of amides is 2. The minimum Gasteiger partial charge on any atom is -0.493 e. The highest BCUT2D eigenvalue weighted by Crippen LogP contribution is 2.28. The van der Waals surface area contributed by atoms with E-state index in [0.29, 0.717) is 34.9 Å². The number of benzene rings is 2. The van der Waals surface area contributed by atoms with Gasteiger partial charge in [-0.05, 0) is 69.3 Å². The third kappa shape index (κ3) is 4.69. The number of carbonyl (C=O) groups is 2. The Hall–Kier alpha value is -3.81. The van der Waals surface area contributed by atoms with E-state index < -0.39 is 11.8 Å². The Morgan fingerprint density at radius 1 is 0.968 bits per heavy atom. The van der Waals surface area contributed by atoms with Crippen molar-refractivity contribution in [2.75, 3.05) is 13.7 Å². The van der Waals surface area contributed by atoms with Crippen molar-refractivity contribution in [3.63, 3.8) is 0 Å². The first-order chi connectivity index (χ1) is 14.8. The van der Waals surface area contributed by atoms with Crippen LogP contribution in [0.15, 0.2) is 48.5 Å². The highest BCUT2D eigenvalue weighted by Gasteiger charge is 2.18. The number of ether oxygens (including phenoxy) is 2. The van der Waals surface area contributed by atoms with Gasteiger partial charge >= 0.3 is 0 Å². The summed E-state index contributed by atoms with van der Waals surface area (Å²) in [5.41, 5.74) is 7.74. The molecule has 0 saturated heterocycles. The van der Waals surface area contributed by atoms with E-state index in [1.807, 2.05) is 18.4 Å². The maximum absolute atomic E-state index is 13.2. The van der Waals surface area contributed by atoms with E-state index >= 15 is 0 Å². The number of halogens is 1. The Bertz CT molecular complexity index is 1110. The lowest BCUT2D eigenvalue weighted by Crippen LogP contribution is -2.41. The molecule has 2 N–H and O–H groups in total. The molecule has 0 spiro atoms. The number of hydrogen-bond donors (Lipinski definition) is 2. The molecule has 0 aliphatic rings. The van der Waals surface area contributed by atoms with Crippen molar-refractivity contribution in [3.8, 4) is 17.2 Å². The lowest BCUT2D eigenvalue weighted by Gasteiger charge is -2.12. The van der Waals surface area contributed by atoms with Gasteiger partial charge in [0.25, 0.3) is 11.8 Å². The van der Waals surface area contributed by atoms with Crippen molar-refractivity contribution in [1.82, 2.24) is 15.4 Å². The largest absolute Gasteiger partial charge is 0.493 e. The summed E-state index contributed by atoms with van der Waals surface area (Å²) in [5.74, 6) is -0.352. The highest BCUT2D eigenvalue weighted by molar-refractivity contribution is 6.00. The zero-order valence-corrected chi connectivity index (χ0v) is 17.8. The molecular weight excluding hydrogens is 401 g/mol. The van der Waals surface area contributed by atoms with Crippen LogP contribution in [-0.4, -0.2) is 30.1 Å². The smallest absolute Gasteiger partial charge is 0.271 e. The van der Waals surface area contributed by atoms with E-state index in [4.69, 9.17) is 9.47 Å². The lowest BCUT2D eigenvalue weighted by molar-refractivity contribution is 0.0846. The maximum Gasteiger partial charge on any atom is 0.271 e. The monoisotopic (exact) mass is 425 g/mol. The molecule has 2 aromatic carbocycles. The molecule has 31 heavy (non-hydrogen) atoms. The van der Waals surface area contributed by atoms with Crippen LogP contribution >= 0.6 is 0 Å². The van der Waals surface area contributed by atoms with Gasteiger partial charge in [-0.25, -0.2) is 4.39 Å². The minimum absolute atomic E-state index is 0.303. The Morgan fingerprint density at radius 3 is 2.29 bits per heavy atom. The van der Waals surface area contributed by atoms with Crippen molar-refractivity contribution in [3.05, 3.63) is 76.9 Å². The van der Waals surface area contributed by atoms with Gasteiger partial charge in [0, 0.05) is 22.6 Å². The molecule has 0 unspecified atom stereocenters. The summed E-state index contributed by atoms with van der Waals surface area (Å²) in [5, 5.41) is 0. The SMILES string of the molecule is CCOc1ccc(C(=O)NNC(=O)c2cc(C)n(-c3ccc(F)cc3)c2C)cc1OC. The number of nitrogens with one attached hydrogen (secondary N) is 2. The van der Waals surface area contributed by atoms with Crippen molar-refractivity contribution in [2.24, 2.45) is 0 Å². The summed E-state index contributed by atoms with van der Waals surface area (Å²) in [6, 6.07) is 12.5. The Morgan fingerprint density at radius 2 is 1.65 bits per heavy atom. The molecule has 0 atom stereocenters. The fraction of sp³-hybridized carbons (Fsp3) is 0.217. The first-order valence-electron chi connectivity index (χ1n) is 9.72. The molecule has 0 aliphatic carbocycles. The molecule has 1 heterocycles. The van der Waals surface area contributed by atoms with E-state index in [2.05, 4.69) is 10.9 Å². The van der Waals surface area contributed by atoms with Gasteiger partial charge in [-0.1, -0.05) is 0 Å². The third-order valence-corrected chi connectivity index (χ3v) is 4.78. The van der Waals surface area contributed by atoms with Crippen molar-refractivity contribution >= 4 is 11.8 Å². The third-order valence-electron chi connectivity index (χ3n) is 4.78. The number of carbonyl (C=O) groups excluding carboxylic acids is 2. The lowest BCUT2D eigenvalue weighted by atomic mass is 10.2. The van der Waals surface area contributed by atoms with E-state index in [1.165, 1.54) is 25.3 Å². The maximum atomic E-state index is 13.2. The molecule has 0 fully saturated rings. The van der Waals surface area contributed by atoms with Crippen LogP contribution in [0.4, 0.5) is 4.39 Å². The molecule has 3 aromatic rings. The molecule has 2 amide bonds. The van der Waals surface area contributed by atoms with Gasteiger partial charge in [0.1, 0.15) is 5.82 Å². The van der Waals surface area contributed by atoms with E-state index in [0.717, 1.165) is 11.4 Å². The van der Waals surface area contributed by atoms with Gasteiger partial charge in [-0.2, -0.15) is 0 Å². The first kappa shape index (κ1) is 21.9. The predicted octanol–water partition coefficient (Wildman–Crippen LogP) is 3.72. The topological polar surface area (TPSA) is 81.6 Å². The quantitative estimate of drug-likeness (QED) is 0.590. The van der Waals surface area contributed by atoms with Crippen molar-refractivity contribution < 1.29 is 23.5 Å². The molecule has 1 aromatic heterocycles. The second kappa shape index (κ2) is 9.34. The number of aromatic nitrogens is 1. The Balaban J connectivity index is 1.73. The van der Waals surface area contributed by atoms with Gasteiger partial charge in [0.2, 0.25) is 0 Å². The Kier molecular flexibility index (Phi) is 6.59. The van der Waals surface area contributed by atoms with Crippen LogP contribution in [0, 0.1) is 19.7 Å². The first-order valence-corrected chi connectivity index (χ1v) is 9.72. The molecule has 162 valence electrons. The molecule has 7 nitrogen and oxygen atoms in total. The molecule has 0 radical (unpaired) electrons. The zero-order valence-electron chi connectivity index (χ0n) is 17.8. The summed E-state index contributed by atoms with van der Waals surface area (Å²) in [6.07, 6.45) is 0. The van der Waals surface area contributed by atoms with Crippen LogP contribution in [0.5, 0.6) is 11.5 Å². The van der Waals surface area contributed by atoms with Crippen LogP contribution in [0.25, 0.3) is 5.69 Å². The normalized spacial score (nSPS) is 10.5. The summed E-state index contributed by atoms with van der Waals surface area (Å²) in [4.78, 5) is 25.1. The molecule has 8 heteroatoms. The van der Waals surface area contributed by atoms with Gasteiger partial charge in [0.15, 0.2) is 11.5 Å². The van der Waals surface area contributed by atoms with Crippen molar-refractivity contribution in [2.45, 2.75) is 20.8 Å². The molecule has 0 saturated carbocycles. The fourth-order valence-electron chi connectivity index (χ4n) is 3.32. The number of methoxy groups -OCH3 is 1. The number of rotatable bonds is 6. The summed E-state index contributed by atoms with van der Waals surface area (Å²) in [7, 11) is 1.48. The predicted molar refractivity (Wildman–Crippen MR) is 114 cm³/mol. The van der Waals surface area contributed by atoms with Crippen LogP contribution in [0.1, 0.15) is 39.0 Å². The number of hydrazine groups is 1.